The lowest BCUT2D eigenvalue weighted by atomic mass is 10.2. The van der Waals surface area contributed by atoms with Crippen LogP contribution in [0.4, 0.5) is 21.5 Å². The maximum atomic E-state index is 13.3. The number of hydrogen-bond acceptors (Lipinski definition) is 3. The second-order valence-electron chi connectivity index (χ2n) is 4.06. The topological polar surface area (TPSA) is 55.2 Å². The van der Waals surface area contributed by atoms with Crippen molar-refractivity contribution < 1.29 is 9.31 Å². The van der Waals surface area contributed by atoms with Crippen molar-refractivity contribution in [3.63, 3.8) is 0 Å². The lowest BCUT2D eigenvalue weighted by Crippen LogP contribution is -1.95. The molecule has 0 heterocycles. The molecule has 98 valence electrons. The monoisotopic (exact) mass is 280 g/mol. The van der Waals surface area contributed by atoms with Crippen molar-refractivity contribution in [1.82, 2.24) is 0 Å². The predicted octanol–water partition coefficient (Wildman–Crippen LogP) is 4.44. The average molecular weight is 281 g/mol. The molecule has 0 aromatic heterocycles. The molecule has 0 unspecified atom stereocenters. The van der Waals surface area contributed by atoms with Gasteiger partial charge in [0.25, 0.3) is 5.69 Å². The summed E-state index contributed by atoms with van der Waals surface area (Å²) in [7, 11) is 0. The maximum Gasteiger partial charge on any atom is 0.274 e. The Morgan fingerprint density at radius 1 is 1.26 bits per heavy atom. The van der Waals surface area contributed by atoms with E-state index in [-0.39, 0.29) is 11.4 Å². The van der Waals surface area contributed by atoms with Gasteiger partial charge in [-0.15, -0.1) is 0 Å². The van der Waals surface area contributed by atoms with Crippen LogP contribution in [0.2, 0.25) is 5.02 Å². The number of rotatable bonds is 3. The molecule has 0 radical (unpaired) electrons. The molecular weight excluding hydrogens is 271 g/mol. The van der Waals surface area contributed by atoms with Gasteiger partial charge in [-0.1, -0.05) is 17.7 Å². The Kier molecular flexibility index (Phi) is 3.66. The average Bonchev–Trinajstić information content (AvgIpc) is 2.33. The zero-order chi connectivity index (χ0) is 14.0. The van der Waals surface area contributed by atoms with Crippen LogP contribution in [0.3, 0.4) is 0 Å². The number of nitrogens with zero attached hydrogens (tertiary/aromatic N) is 1. The highest BCUT2D eigenvalue weighted by Gasteiger charge is 2.10. The molecular formula is C13H10ClFN2O2. The van der Waals surface area contributed by atoms with E-state index in [1.54, 1.807) is 12.1 Å². The van der Waals surface area contributed by atoms with Crippen LogP contribution < -0.4 is 5.32 Å². The number of aryl methyl sites for hydroxylation is 1. The van der Waals surface area contributed by atoms with E-state index in [4.69, 9.17) is 11.6 Å². The number of halogens is 2. The third-order valence-electron chi connectivity index (χ3n) is 2.49. The largest absolute Gasteiger partial charge is 0.354 e. The summed E-state index contributed by atoms with van der Waals surface area (Å²) < 4.78 is 13.3. The Morgan fingerprint density at radius 2 is 2.00 bits per heavy atom. The van der Waals surface area contributed by atoms with Crippen molar-refractivity contribution in [1.29, 1.82) is 0 Å². The highest BCUT2D eigenvalue weighted by atomic mass is 35.5. The fourth-order valence-electron chi connectivity index (χ4n) is 1.64. The van der Waals surface area contributed by atoms with Gasteiger partial charge in [-0.2, -0.15) is 0 Å². The molecule has 2 aromatic rings. The van der Waals surface area contributed by atoms with Gasteiger partial charge in [0.15, 0.2) is 0 Å². The lowest BCUT2D eigenvalue weighted by Gasteiger charge is -2.09. The number of benzene rings is 2. The number of hydrogen-bond donors (Lipinski definition) is 1. The molecule has 2 aromatic carbocycles. The molecule has 0 saturated carbocycles. The number of anilines is 2. The van der Waals surface area contributed by atoms with Gasteiger partial charge in [-0.25, -0.2) is 4.39 Å². The van der Waals surface area contributed by atoms with Crippen molar-refractivity contribution >= 4 is 28.7 Å². The summed E-state index contributed by atoms with van der Waals surface area (Å²) in [5.74, 6) is -0.680. The molecule has 0 aliphatic heterocycles. The van der Waals surface area contributed by atoms with Gasteiger partial charge in [0.1, 0.15) is 5.82 Å². The standard InChI is InChI=1S/C13H10ClFN2O2/c1-8-2-3-12(14)13(4-8)16-10-5-9(15)6-11(7-10)17(18)19/h2-7,16H,1H3. The molecule has 4 nitrogen and oxygen atoms in total. The van der Waals surface area contributed by atoms with Crippen molar-refractivity contribution in [2.75, 3.05) is 5.32 Å². The molecule has 6 heteroatoms. The second kappa shape index (κ2) is 5.24. The predicted molar refractivity (Wildman–Crippen MR) is 72.5 cm³/mol. The number of nitro benzene ring substituents is 1. The van der Waals surface area contributed by atoms with Crippen LogP contribution in [-0.4, -0.2) is 4.92 Å². The molecule has 0 aliphatic rings. The van der Waals surface area contributed by atoms with E-state index >= 15 is 0 Å². The summed E-state index contributed by atoms with van der Waals surface area (Å²) in [5, 5.41) is 14.0. The van der Waals surface area contributed by atoms with Gasteiger partial charge in [0.05, 0.1) is 21.7 Å². The Bertz CT molecular complexity index is 647. The van der Waals surface area contributed by atoms with Crippen LogP contribution in [0.1, 0.15) is 5.56 Å². The van der Waals surface area contributed by atoms with Crippen molar-refractivity contribution in [2.45, 2.75) is 6.92 Å². The molecule has 0 atom stereocenters. The normalized spacial score (nSPS) is 10.3. The third-order valence-corrected chi connectivity index (χ3v) is 2.82. The molecule has 19 heavy (non-hydrogen) atoms. The smallest absolute Gasteiger partial charge is 0.274 e. The minimum absolute atomic E-state index is 0.277. The zero-order valence-corrected chi connectivity index (χ0v) is 10.7. The SMILES string of the molecule is Cc1ccc(Cl)c(Nc2cc(F)cc([N+](=O)[O-])c2)c1. The van der Waals surface area contributed by atoms with Gasteiger partial charge in [-0.05, 0) is 30.7 Å². The minimum atomic E-state index is -0.680. The molecule has 0 aliphatic carbocycles. The van der Waals surface area contributed by atoms with Gasteiger partial charge < -0.3 is 5.32 Å². The van der Waals surface area contributed by atoms with E-state index in [2.05, 4.69) is 5.32 Å². The highest BCUT2D eigenvalue weighted by Crippen LogP contribution is 2.28. The molecule has 1 N–H and O–H groups in total. The van der Waals surface area contributed by atoms with Crippen LogP contribution in [0.25, 0.3) is 0 Å². The Balaban J connectivity index is 2.38. The highest BCUT2D eigenvalue weighted by molar-refractivity contribution is 6.33. The van der Waals surface area contributed by atoms with E-state index in [1.165, 1.54) is 12.1 Å². The number of nitrogens with one attached hydrogen (secondary N) is 1. The van der Waals surface area contributed by atoms with E-state index < -0.39 is 10.7 Å². The first-order valence-corrected chi connectivity index (χ1v) is 5.81. The maximum absolute atomic E-state index is 13.3. The summed E-state index contributed by atoms with van der Waals surface area (Å²) in [5.41, 5.74) is 1.50. The van der Waals surface area contributed by atoms with Crippen molar-refractivity contribution in [3.05, 3.63) is 62.9 Å². The molecule has 0 spiro atoms. The minimum Gasteiger partial charge on any atom is -0.354 e. The quantitative estimate of drug-likeness (QED) is 0.668. The first kappa shape index (κ1) is 13.3. The summed E-state index contributed by atoms with van der Waals surface area (Å²) >= 11 is 6.00. The molecule has 0 saturated heterocycles. The van der Waals surface area contributed by atoms with Gasteiger partial charge in [0, 0.05) is 11.8 Å². The summed E-state index contributed by atoms with van der Waals surface area (Å²) in [4.78, 5) is 10.0. The van der Waals surface area contributed by atoms with Crippen LogP contribution in [-0.2, 0) is 0 Å². The molecule has 0 fully saturated rings. The van der Waals surface area contributed by atoms with Crippen LogP contribution in [0.5, 0.6) is 0 Å². The summed E-state index contributed by atoms with van der Waals surface area (Å²) in [6.07, 6.45) is 0. The summed E-state index contributed by atoms with van der Waals surface area (Å²) in [6, 6.07) is 8.60. The van der Waals surface area contributed by atoms with E-state index in [0.717, 1.165) is 11.6 Å². The fourth-order valence-corrected chi connectivity index (χ4v) is 1.81. The van der Waals surface area contributed by atoms with Gasteiger partial charge >= 0.3 is 0 Å². The third kappa shape index (κ3) is 3.20. The van der Waals surface area contributed by atoms with E-state index in [0.29, 0.717) is 10.7 Å². The Hall–Kier alpha value is -2.14. The van der Waals surface area contributed by atoms with E-state index in [1.807, 2.05) is 13.0 Å². The van der Waals surface area contributed by atoms with E-state index in [9.17, 15) is 14.5 Å². The number of nitro groups is 1. The van der Waals surface area contributed by atoms with Crippen LogP contribution in [0.15, 0.2) is 36.4 Å². The second-order valence-corrected chi connectivity index (χ2v) is 4.47. The van der Waals surface area contributed by atoms with Crippen molar-refractivity contribution in [3.8, 4) is 0 Å². The Morgan fingerprint density at radius 3 is 2.68 bits per heavy atom. The van der Waals surface area contributed by atoms with Crippen molar-refractivity contribution in [2.24, 2.45) is 0 Å². The van der Waals surface area contributed by atoms with Gasteiger partial charge in [-0.3, -0.25) is 10.1 Å². The summed E-state index contributed by atoms with van der Waals surface area (Å²) in [6.45, 7) is 1.88. The zero-order valence-electron chi connectivity index (χ0n) is 9.98. The molecule has 0 bridgehead atoms. The first-order chi connectivity index (χ1) is 8.95. The molecule has 2 rings (SSSR count). The van der Waals surface area contributed by atoms with Gasteiger partial charge in [0.2, 0.25) is 0 Å². The molecule has 0 amide bonds. The van der Waals surface area contributed by atoms with Crippen LogP contribution >= 0.6 is 11.6 Å². The van der Waals surface area contributed by atoms with Crippen LogP contribution in [0, 0.1) is 22.9 Å². The first-order valence-electron chi connectivity index (χ1n) is 5.44. The lowest BCUT2D eigenvalue weighted by molar-refractivity contribution is -0.385. The fraction of sp³-hybridized carbons (Fsp3) is 0.0769. The number of non-ortho nitro benzene ring substituents is 1. The Labute approximate surface area is 114 Å².